The first-order valence-electron chi connectivity index (χ1n) is 7.04. The van der Waals surface area contributed by atoms with E-state index in [-0.39, 0.29) is 12.5 Å². The predicted octanol–water partition coefficient (Wildman–Crippen LogP) is 1.93. The maximum absolute atomic E-state index is 12.5. The van der Waals surface area contributed by atoms with E-state index < -0.39 is 30.4 Å². The number of H-pyrrole nitrogens is 1. The average molecular weight is 300 g/mol. The van der Waals surface area contributed by atoms with Gasteiger partial charge >= 0.3 is 11.7 Å². The minimum atomic E-state index is -2.49. The van der Waals surface area contributed by atoms with Crippen LogP contribution in [-0.2, 0) is 16.0 Å². The molecule has 0 saturated heterocycles. The Balaban J connectivity index is 1.81. The molecule has 0 radical (unpaired) electrons. The molecule has 1 aromatic heterocycles. The van der Waals surface area contributed by atoms with Gasteiger partial charge in [-0.25, -0.2) is 18.6 Å². The third-order valence-corrected chi connectivity index (χ3v) is 3.82. The molecule has 1 aliphatic rings. The summed E-state index contributed by atoms with van der Waals surface area (Å²) in [6.45, 7) is 0.0962. The summed E-state index contributed by atoms with van der Waals surface area (Å²) in [7, 11) is 0. The molecule has 0 amide bonds. The van der Waals surface area contributed by atoms with E-state index in [0.29, 0.717) is 6.42 Å². The van der Waals surface area contributed by atoms with Gasteiger partial charge in [-0.1, -0.05) is 6.42 Å². The molecule has 1 aromatic rings. The van der Waals surface area contributed by atoms with Gasteiger partial charge in [0.1, 0.15) is 0 Å². The van der Waals surface area contributed by atoms with Gasteiger partial charge < -0.3 is 9.72 Å². The van der Waals surface area contributed by atoms with Crippen LogP contribution in [0.4, 0.5) is 8.78 Å². The fourth-order valence-electron chi connectivity index (χ4n) is 2.40. The van der Waals surface area contributed by atoms with E-state index in [4.69, 9.17) is 4.74 Å². The monoisotopic (exact) mass is 300 g/mol. The smallest absolute Gasteiger partial charge is 0.344 e. The lowest BCUT2D eigenvalue weighted by atomic mass is 9.74. The largest absolute Gasteiger partial charge is 0.465 e. The van der Waals surface area contributed by atoms with E-state index in [0.717, 1.165) is 24.8 Å². The number of nitrogens with one attached hydrogen (secondary N) is 1. The van der Waals surface area contributed by atoms with Crippen LogP contribution in [0.25, 0.3) is 0 Å². The molecular formula is C14H18F2N2O3. The molecule has 1 unspecified atom stereocenters. The fourth-order valence-corrected chi connectivity index (χ4v) is 2.40. The van der Waals surface area contributed by atoms with Crippen LogP contribution in [-0.4, -0.2) is 29.0 Å². The number of halogens is 2. The summed E-state index contributed by atoms with van der Waals surface area (Å²) >= 11 is 0. The Hall–Kier alpha value is -1.79. The van der Waals surface area contributed by atoms with Crippen molar-refractivity contribution in [1.29, 1.82) is 0 Å². The summed E-state index contributed by atoms with van der Waals surface area (Å²) in [5, 5.41) is 0. The van der Waals surface area contributed by atoms with Gasteiger partial charge in [-0.3, -0.25) is 4.79 Å². The lowest BCUT2D eigenvalue weighted by Crippen LogP contribution is -2.32. The molecular weight excluding hydrogens is 282 g/mol. The van der Waals surface area contributed by atoms with Gasteiger partial charge in [0.15, 0.2) is 0 Å². The van der Waals surface area contributed by atoms with Gasteiger partial charge in [0.2, 0.25) is 6.43 Å². The standard InChI is InChI=1S/C14H18F2N2O3/c15-12(16)6-11(10-2-1-3-10)13(19)21-5-4-9-7-17-14(20)18-8-9/h7-8,10-12H,1-6H2,(H,17,18,20). The van der Waals surface area contributed by atoms with E-state index in [9.17, 15) is 18.4 Å². The Morgan fingerprint density at radius 2 is 2.24 bits per heavy atom. The lowest BCUT2D eigenvalue weighted by Gasteiger charge is -2.32. The van der Waals surface area contributed by atoms with Crippen molar-refractivity contribution in [1.82, 2.24) is 9.97 Å². The van der Waals surface area contributed by atoms with Crippen molar-refractivity contribution < 1.29 is 18.3 Å². The number of ether oxygens (including phenoxy) is 1. The normalized spacial score (nSPS) is 16.5. The van der Waals surface area contributed by atoms with Crippen molar-refractivity contribution in [3.05, 3.63) is 28.4 Å². The Bertz CT molecular complexity index is 509. The fraction of sp³-hybridized carbons (Fsp3) is 0.643. The quantitative estimate of drug-likeness (QED) is 0.781. The average Bonchev–Trinajstić information content (AvgIpc) is 2.37. The first kappa shape index (κ1) is 15.6. The maximum Gasteiger partial charge on any atom is 0.344 e. The van der Waals surface area contributed by atoms with Crippen LogP contribution in [0.3, 0.4) is 0 Å². The molecule has 21 heavy (non-hydrogen) atoms. The number of alkyl halides is 2. The Morgan fingerprint density at radius 1 is 1.48 bits per heavy atom. The number of hydrogen-bond donors (Lipinski definition) is 1. The molecule has 1 saturated carbocycles. The van der Waals surface area contributed by atoms with Crippen molar-refractivity contribution in [3.63, 3.8) is 0 Å². The van der Waals surface area contributed by atoms with E-state index in [1.807, 2.05) is 0 Å². The summed E-state index contributed by atoms with van der Waals surface area (Å²) in [6.07, 6.45) is 2.98. The molecule has 1 fully saturated rings. The second-order valence-corrected chi connectivity index (χ2v) is 5.27. The predicted molar refractivity (Wildman–Crippen MR) is 71.0 cm³/mol. The number of nitrogens with zero attached hydrogens (tertiary/aromatic N) is 1. The second kappa shape index (κ2) is 7.28. The van der Waals surface area contributed by atoms with Crippen LogP contribution < -0.4 is 5.69 Å². The van der Waals surface area contributed by atoms with E-state index in [1.165, 1.54) is 12.4 Å². The summed E-state index contributed by atoms with van der Waals surface area (Å²) in [4.78, 5) is 28.7. The second-order valence-electron chi connectivity index (χ2n) is 5.27. The Morgan fingerprint density at radius 3 is 2.76 bits per heavy atom. The molecule has 0 spiro atoms. The summed E-state index contributed by atoms with van der Waals surface area (Å²) in [5.41, 5.74) is 0.272. The Kier molecular flexibility index (Phi) is 5.41. The van der Waals surface area contributed by atoms with Crippen LogP contribution in [0, 0.1) is 11.8 Å². The molecule has 1 N–H and O–H groups in total. The molecule has 2 rings (SSSR count). The van der Waals surface area contributed by atoms with Crippen LogP contribution in [0.2, 0.25) is 0 Å². The number of esters is 1. The van der Waals surface area contributed by atoms with E-state index in [2.05, 4.69) is 9.97 Å². The number of aromatic amines is 1. The number of hydrogen-bond acceptors (Lipinski definition) is 4. The first-order chi connectivity index (χ1) is 10.1. The van der Waals surface area contributed by atoms with Crippen molar-refractivity contribution >= 4 is 5.97 Å². The zero-order valence-corrected chi connectivity index (χ0v) is 11.6. The number of rotatable bonds is 7. The van der Waals surface area contributed by atoms with Crippen LogP contribution in [0.5, 0.6) is 0 Å². The SMILES string of the molecule is O=C(OCCc1cnc(=O)[nH]c1)C(CC(F)F)C1CCC1. The number of carbonyl (C=O) groups excluding carboxylic acids is 1. The van der Waals surface area contributed by atoms with Crippen LogP contribution in [0.1, 0.15) is 31.2 Å². The number of aromatic nitrogens is 2. The summed E-state index contributed by atoms with van der Waals surface area (Å²) < 4.78 is 30.2. The van der Waals surface area contributed by atoms with Crippen LogP contribution >= 0.6 is 0 Å². The van der Waals surface area contributed by atoms with E-state index in [1.54, 1.807) is 0 Å². The molecule has 116 valence electrons. The highest BCUT2D eigenvalue weighted by atomic mass is 19.3. The summed E-state index contributed by atoms with van der Waals surface area (Å²) in [6, 6.07) is 0. The third-order valence-electron chi connectivity index (χ3n) is 3.82. The van der Waals surface area contributed by atoms with Gasteiger partial charge in [0.05, 0.1) is 12.5 Å². The zero-order chi connectivity index (χ0) is 15.2. The number of carbonyl (C=O) groups is 1. The molecule has 1 aliphatic carbocycles. The highest BCUT2D eigenvalue weighted by Crippen LogP contribution is 2.37. The van der Waals surface area contributed by atoms with Crippen molar-refractivity contribution in [3.8, 4) is 0 Å². The molecule has 5 nitrogen and oxygen atoms in total. The van der Waals surface area contributed by atoms with Gasteiger partial charge in [0, 0.05) is 25.2 Å². The zero-order valence-electron chi connectivity index (χ0n) is 11.6. The van der Waals surface area contributed by atoms with Crippen molar-refractivity contribution in [2.45, 2.75) is 38.5 Å². The van der Waals surface area contributed by atoms with Gasteiger partial charge in [0.25, 0.3) is 0 Å². The molecule has 1 heterocycles. The molecule has 0 aromatic carbocycles. The lowest BCUT2D eigenvalue weighted by molar-refractivity contribution is -0.153. The molecule has 7 heteroatoms. The van der Waals surface area contributed by atoms with Gasteiger partial charge in [-0.2, -0.15) is 0 Å². The maximum atomic E-state index is 12.5. The molecule has 0 bridgehead atoms. The van der Waals surface area contributed by atoms with Crippen molar-refractivity contribution in [2.75, 3.05) is 6.61 Å². The van der Waals surface area contributed by atoms with Gasteiger partial charge in [-0.15, -0.1) is 0 Å². The van der Waals surface area contributed by atoms with Crippen LogP contribution in [0.15, 0.2) is 17.2 Å². The highest BCUT2D eigenvalue weighted by molar-refractivity contribution is 5.73. The van der Waals surface area contributed by atoms with Gasteiger partial charge in [-0.05, 0) is 24.3 Å². The minimum absolute atomic E-state index is 0.0289. The van der Waals surface area contributed by atoms with E-state index >= 15 is 0 Å². The van der Waals surface area contributed by atoms with Crippen molar-refractivity contribution in [2.24, 2.45) is 11.8 Å². The topological polar surface area (TPSA) is 72.0 Å². The minimum Gasteiger partial charge on any atom is -0.465 e. The molecule has 1 atom stereocenters. The molecule has 0 aliphatic heterocycles. The first-order valence-corrected chi connectivity index (χ1v) is 7.04. The Labute approximate surface area is 120 Å². The summed E-state index contributed by atoms with van der Waals surface area (Å²) in [5.74, 6) is -1.22. The highest BCUT2D eigenvalue weighted by Gasteiger charge is 2.35. The third kappa shape index (κ3) is 4.61.